The molecular formula is C74H126N2O10. The summed E-state index contributed by atoms with van der Waals surface area (Å²) in [7, 11) is 8.59. The third kappa shape index (κ3) is 31.6. The van der Waals surface area contributed by atoms with Gasteiger partial charge < -0.3 is 48.5 Å². The molecule has 2 aliphatic heterocycles. The fourth-order valence-corrected chi connectivity index (χ4v) is 13.5. The Morgan fingerprint density at radius 1 is 0.407 bits per heavy atom. The average Bonchev–Trinajstić information content (AvgIpc) is 1.94. The summed E-state index contributed by atoms with van der Waals surface area (Å²) in [4.78, 5) is 46.3. The van der Waals surface area contributed by atoms with Gasteiger partial charge in [0.25, 0.3) is 0 Å². The summed E-state index contributed by atoms with van der Waals surface area (Å²) >= 11 is 0. The third-order valence-corrected chi connectivity index (χ3v) is 19.0. The van der Waals surface area contributed by atoms with Crippen LogP contribution in [0.3, 0.4) is 0 Å². The van der Waals surface area contributed by atoms with Gasteiger partial charge in [0.2, 0.25) is 0 Å². The van der Waals surface area contributed by atoms with Gasteiger partial charge in [-0.25, -0.2) is 9.59 Å². The summed E-state index contributed by atoms with van der Waals surface area (Å²) in [6.07, 6.45) is 49.1. The van der Waals surface area contributed by atoms with Crippen molar-refractivity contribution in [2.24, 2.45) is 11.8 Å². The van der Waals surface area contributed by atoms with Crippen molar-refractivity contribution in [2.75, 3.05) is 54.4 Å². The zero-order chi connectivity index (χ0) is 62.8. The number of benzene rings is 2. The van der Waals surface area contributed by atoms with Crippen molar-refractivity contribution in [1.82, 2.24) is 0 Å². The Labute approximate surface area is 524 Å². The van der Waals surface area contributed by atoms with E-state index in [9.17, 15) is 39.6 Å². The molecule has 2 N–H and O–H groups in total. The lowest BCUT2D eigenvalue weighted by molar-refractivity contribution is -0.879. The van der Waals surface area contributed by atoms with Crippen molar-refractivity contribution in [3.8, 4) is 0 Å². The van der Waals surface area contributed by atoms with Gasteiger partial charge >= 0.3 is 11.9 Å². The number of unbranched alkanes of at least 4 members (excludes halogenated alkanes) is 28. The molecular weight excluding hydrogens is 1080 g/mol. The number of aliphatic hydroxyl groups is 2. The van der Waals surface area contributed by atoms with Crippen LogP contribution in [0.5, 0.6) is 0 Å². The molecule has 2 saturated heterocycles. The van der Waals surface area contributed by atoms with E-state index in [1.807, 2.05) is 60.7 Å². The molecule has 0 spiro atoms. The highest BCUT2D eigenvalue weighted by molar-refractivity contribution is 5.82. The summed E-state index contributed by atoms with van der Waals surface area (Å²) in [6, 6.07) is 18.7. The van der Waals surface area contributed by atoms with E-state index >= 15 is 0 Å². The first-order valence-electron chi connectivity index (χ1n) is 35.4. The second-order valence-corrected chi connectivity index (χ2v) is 27.7. The molecule has 4 fully saturated rings. The molecule has 2 saturated carbocycles. The van der Waals surface area contributed by atoms with Gasteiger partial charge in [0.15, 0.2) is 23.4 Å². The van der Waals surface area contributed by atoms with Gasteiger partial charge in [0, 0.05) is 36.6 Å². The monoisotopic (exact) mass is 1200 g/mol. The van der Waals surface area contributed by atoms with Crippen LogP contribution in [0.25, 0.3) is 0 Å². The molecule has 86 heavy (non-hydrogen) atoms. The van der Waals surface area contributed by atoms with Gasteiger partial charge in [-0.15, -0.1) is 0 Å². The highest BCUT2D eigenvalue weighted by Crippen LogP contribution is 2.43. The normalized spacial score (nSPS) is 19.4. The van der Waals surface area contributed by atoms with E-state index in [-0.39, 0.29) is 36.9 Å². The molecule has 2 aliphatic carbocycles. The number of likely N-dealkylation sites (N-methyl/N-ethyl adjacent to an activating group) is 2. The molecule has 0 aromatic heterocycles. The van der Waals surface area contributed by atoms with Gasteiger partial charge in [0.05, 0.1) is 41.3 Å². The Kier molecular flexibility index (Phi) is 39.6. The number of carboxylic acids is 2. The number of nitrogens with zero attached hydrogens (tertiary/aromatic N) is 2. The Morgan fingerprint density at radius 2 is 0.651 bits per heavy atom. The van der Waals surface area contributed by atoms with Crippen LogP contribution in [0, 0.1) is 11.8 Å². The summed E-state index contributed by atoms with van der Waals surface area (Å²) in [5, 5.41) is 43.2. The Balaban J connectivity index is 0.000000301. The highest BCUT2D eigenvalue weighted by Gasteiger charge is 2.51. The standard InChI is InChI=1S/2C19H28NO3.2C18H36O2/c2*1-20(2)13-12-17(14-20)23-18(21)19(22,16-10-6-7-11-16)15-8-4-3-5-9-15;2*1-2-3-4-5-6-7-8-9-10-11-12-13-14-15-16-17-18(19)20/h2*3-5,8-9,16-17,22H,6-7,10-14H2,1-2H3;2*2-17H2,1H3,(H,19,20)/q2*+1;;/p-2. The first-order valence-corrected chi connectivity index (χ1v) is 35.4. The number of ether oxygens (including phenoxy) is 2. The number of quaternary nitrogens is 2. The summed E-state index contributed by atoms with van der Waals surface area (Å²) in [5.74, 6) is -2.80. The number of carboxylic acid groups (broad SMARTS) is 2. The lowest BCUT2D eigenvalue weighted by Crippen LogP contribution is -2.46. The zero-order valence-electron chi connectivity index (χ0n) is 55.7. The quantitative estimate of drug-likeness (QED) is 0.0371. The lowest BCUT2D eigenvalue weighted by Gasteiger charge is -2.33. The summed E-state index contributed by atoms with van der Waals surface area (Å²) in [5.41, 5.74) is -1.66. The number of hydrogen-bond donors (Lipinski definition) is 2. The van der Waals surface area contributed by atoms with Crippen molar-refractivity contribution < 1.29 is 58.0 Å². The largest absolute Gasteiger partial charge is 0.550 e. The topological polar surface area (TPSA) is 173 Å². The fraction of sp³-hybridized carbons (Fsp3) is 0.784. The number of carbonyl (C=O) groups is 4. The number of aliphatic carboxylic acids is 2. The Hall–Kier alpha value is -3.84. The van der Waals surface area contributed by atoms with Crippen molar-refractivity contribution in [2.45, 2.75) is 307 Å². The zero-order valence-corrected chi connectivity index (χ0v) is 55.7. The molecule has 4 atom stereocenters. The van der Waals surface area contributed by atoms with Crippen LogP contribution >= 0.6 is 0 Å². The van der Waals surface area contributed by atoms with Crippen molar-refractivity contribution in [3.63, 3.8) is 0 Å². The highest BCUT2D eigenvalue weighted by atomic mass is 16.6. The predicted molar refractivity (Wildman–Crippen MR) is 346 cm³/mol. The molecule has 4 unspecified atom stereocenters. The van der Waals surface area contributed by atoms with Crippen LogP contribution in [0.15, 0.2) is 60.7 Å². The van der Waals surface area contributed by atoms with Gasteiger partial charge in [-0.2, -0.15) is 0 Å². The molecule has 6 rings (SSSR count). The molecule has 12 nitrogen and oxygen atoms in total. The Bertz CT molecular complexity index is 1910. The van der Waals surface area contributed by atoms with E-state index in [0.29, 0.717) is 11.1 Å². The van der Waals surface area contributed by atoms with Crippen molar-refractivity contribution in [1.29, 1.82) is 0 Å². The smallest absolute Gasteiger partial charge is 0.343 e. The molecule has 2 heterocycles. The minimum Gasteiger partial charge on any atom is -0.550 e. The van der Waals surface area contributed by atoms with Crippen molar-refractivity contribution in [3.05, 3.63) is 71.8 Å². The number of rotatable bonds is 40. The van der Waals surface area contributed by atoms with Crippen LogP contribution in [0.2, 0.25) is 0 Å². The first-order chi connectivity index (χ1) is 41.4. The molecule has 0 radical (unpaired) electrons. The number of likely N-dealkylation sites (tertiary alicyclic amines) is 2. The summed E-state index contributed by atoms with van der Waals surface area (Å²) < 4.78 is 13.3. The summed E-state index contributed by atoms with van der Waals surface area (Å²) in [6.45, 7) is 8.19. The van der Waals surface area contributed by atoms with Gasteiger partial charge in [-0.1, -0.05) is 280 Å². The lowest BCUT2D eigenvalue weighted by atomic mass is 9.80. The van der Waals surface area contributed by atoms with Crippen LogP contribution in [0.4, 0.5) is 0 Å². The second kappa shape index (κ2) is 44.6. The van der Waals surface area contributed by atoms with E-state index in [4.69, 9.17) is 9.47 Å². The maximum atomic E-state index is 12.9. The van der Waals surface area contributed by atoms with E-state index in [1.165, 1.54) is 167 Å². The van der Waals surface area contributed by atoms with Gasteiger partial charge in [-0.05, 0) is 62.5 Å². The van der Waals surface area contributed by atoms with Crippen LogP contribution < -0.4 is 10.2 Å². The SMILES string of the molecule is CCCCCCCCCCCCCCCCCC(=O)[O-].CCCCCCCCCCCCCCCCCC(=O)[O-].C[N+]1(C)CCC(OC(=O)C(O)(c2ccccc2)C2CCCC2)C1.C[N+]1(C)CCC(OC(=O)C(O)(c2ccccc2)C2CCCC2)C1. The fourth-order valence-electron chi connectivity index (χ4n) is 13.5. The maximum Gasteiger partial charge on any atom is 0.343 e. The first kappa shape index (κ1) is 76.4. The number of carbonyl (C=O) groups excluding carboxylic acids is 4. The second-order valence-electron chi connectivity index (χ2n) is 27.7. The van der Waals surface area contributed by atoms with Crippen LogP contribution in [-0.4, -0.2) is 110 Å². The van der Waals surface area contributed by atoms with Crippen LogP contribution in [0.1, 0.15) is 295 Å². The minimum absolute atomic E-state index is 0.0405. The third-order valence-electron chi connectivity index (χ3n) is 19.0. The minimum atomic E-state index is -1.50. The molecule has 2 aromatic carbocycles. The molecule has 0 bridgehead atoms. The van der Waals surface area contributed by atoms with E-state index in [2.05, 4.69) is 42.0 Å². The maximum absolute atomic E-state index is 12.9. The Morgan fingerprint density at radius 3 is 0.872 bits per heavy atom. The van der Waals surface area contributed by atoms with E-state index < -0.39 is 35.1 Å². The molecule has 4 aliphatic rings. The van der Waals surface area contributed by atoms with E-state index in [1.54, 1.807) is 0 Å². The number of hydrogen-bond acceptors (Lipinski definition) is 10. The van der Waals surface area contributed by atoms with Crippen LogP contribution in [-0.2, 0) is 39.9 Å². The predicted octanol–water partition coefficient (Wildman–Crippen LogP) is 14.9. The molecule has 0 amide bonds. The van der Waals surface area contributed by atoms with Gasteiger partial charge in [-0.3, -0.25) is 0 Å². The van der Waals surface area contributed by atoms with Crippen molar-refractivity contribution >= 4 is 23.9 Å². The molecule has 2 aromatic rings. The average molecular weight is 1200 g/mol. The molecule has 12 heteroatoms. The number of esters is 2. The molecule has 492 valence electrons. The van der Waals surface area contributed by atoms with E-state index in [0.717, 1.165) is 125 Å². The van der Waals surface area contributed by atoms with Gasteiger partial charge in [0.1, 0.15) is 13.1 Å².